The highest BCUT2D eigenvalue weighted by Gasteiger charge is 2.39. The molecule has 0 N–H and O–H groups in total. The van der Waals surface area contributed by atoms with Crippen LogP contribution < -0.4 is 0 Å². The summed E-state index contributed by atoms with van der Waals surface area (Å²) in [6, 6.07) is 0. The third-order valence-corrected chi connectivity index (χ3v) is 6.57. The number of hydrogen-bond acceptors (Lipinski definition) is 1. The van der Waals surface area contributed by atoms with Crippen LogP contribution >= 0.6 is 11.8 Å². The van der Waals surface area contributed by atoms with Gasteiger partial charge in [-0.15, -0.1) is 0 Å². The highest BCUT2D eigenvalue weighted by Crippen LogP contribution is 2.50. The lowest BCUT2D eigenvalue weighted by Crippen LogP contribution is -2.37. The summed E-state index contributed by atoms with van der Waals surface area (Å²) >= 11 is 2.40. The second-order valence-corrected chi connectivity index (χ2v) is 7.02. The lowest BCUT2D eigenvalue weighted by molar-refractivity contribution is 0.238. The molecule has 1 saturated heterocycles. The Hall–Kier alpha value is 0.350. The topological polar surface area (TPSA) is 0 Å². The standard InChI is InChI=1S/C13H22S/c1-3-7-12-10(5-1)9-11-6-2-4-8-13(11)14-12/h10-13H,1-9H2/t10-,11+,12-,13+. The Kier molecular flexibility index (Phi) is 2.79. The van der Waals surface area contributed by atoms with Crippen molar-refractivity contribution in [3.05, 3.63) is 0 Å². The second kappa shape index (κ2) is 4.08. The molecule has 0 aromatic carbocycles. The smallest absolute Gasteiger partial charge is 0.00783 e. The quantitative estimate of drug-likeness (QED) is 0.576. The van der Waals surface area contributed by atoms with E-state index >= 15 is 0 Å². The highest BCUT2D eigenvalue weighted by atomic mass is 32.2. The van der Waals surface area contributed by atoms with E-state index in [9.17, 15) is 0 Å². The van der Waals surface area contributed by atoms with Crippen molar-refractivity contribution in [2.45, 2.75) is 68.3 Å². The maximum Gasteiger partial charge on any atom is 0.00783 e. The molecule has 80 valence electrons. The van der Waals surface area contributed by atoms with Gasteiger partial charge in [0.2, 0.25) is 0 Å². The molecule has 2 aliphatic carbocycles. The van der Waals surface area contributed by atoms with Crippen molar-refractivity contribution >= 4 is 11.8 Å². The zero-order valence-electron chi connectivity index (χ0n) is 9.08. The van der Waals surface area contributed by atoms with E-state index in [1.54, 1.807) is 32.1 Å². The first-order valence-electron chi connectivity index (χ1n) is 6.59. The van der Waals surface area contributed by atoms with Crippen LogP contribution in [0.1, 0.15) is 57.8 Å². The van der Waals surface area contributed by atoms with Crippen LogP contribution in [0.4, 0.5) is 0 Å². The zero-order chi connectivity index (χ0) is 9.38. The fraction of sp³-hybridized carbons (Fsp3) is 1.00. The van der Waals surface area contributed by atoms with Crippen LogP contribution in [0.3, 0.4) is 0 Å². The maximum atomic E-state index is 2.40. The molecule has 1 aliphatic heterocycles. The molecule has 0 radical (unpaired) electrons. The molecule has 3 rings (SSSR count). The van der Waals surface area contributed by atoms with Gasteiger partial charge in [0.1, 0.15) is 0 Å². The van der Waals surface area contributed by atoms with Crippen LogP contribution in [0, 0.1) is 11.8 Å². The molecule has 3 fully saturated rings. The van der Waals surface area contributed by atoms with Crippen molar-refractivity contribution in [2.75, 3.05) is 0 Å². The van der Waals surface area contributed by atoms with Crippen molar-refractivity contribution in [1.29, 1.82) is 0 Å². The van der Waals surface area contributed by atoms with Crippen LogP contribution in [0.25, 0.3) is 0 Å². The van der Waals surface area contributed by atoms with E-state index in [-0.39, 0.29) is 0 Å². The first-order chi connectivity index (χ1) is 6.93. The minimum absolute atomic E-state index is 1.07. The molecule has 0 aromatic rings. The van der Waals surface area contributed by atoms with Crippen LogP contribution in [0.2, 0.25) is 0 Å². The molecule has 1 heteroatoms. The number of fused-ring (bicyclic) bond motifs is 2. The summed E-state index contributed by atoms with van der Waals surface area (Å²) < 4.78 is 0. The Morgan fingerprint density at radius 1 is 0.643 bits per heavy atom. The van der Waals surface area contributed by atoms with E-state index in [4.69, 9.17) is 0 Å². The average molecular weight is 210 g/mol. The Bertz CT molecular complexity index is 159. The average Bonchev–Trinajstić information content (AvgIpc) is 2.26. The molecule has 0 aromatic heterocycles. The number of thioether (sulfide) groups is 1. The normalized spacial score (nSPS) is 48.0. The molecule has 2 saturated carbocycles. The summed E-state index contributed by atoms with van der Waals surface area (Å²) in [5, 5.41) is 2.14. The van der Waals surface area contributed by atoms with E-state index in [1.165, 1.54) is 25.7 Å². The van der Waals surface area contributed by atoms with Gasteiger partial charge in [-0.3, -0.25) is 0 Å². The SMILES string of the molecule is C1CC[C@@H]2S[C@@H]3CCCC[C@@H]3C[C@@H]2C1. The first kappa shape index (κ1) is 9.57. The molecule has 1 heterocycles. The van der Waals surface area contributed by atoms with Gasteiger partial charge in [0.25, 0.3) is 0 Å². The van der Waals surface area contributed by atoms with Crippen molar-refractivity contribution in [3.63, 3.8) is 0 Å². The molecule has 3 aliphatic rings. The molecular weight excluding hydrogens is 188 g/mol. The molecule has 0 amide bonds. The Labute approximate surface area is 92.2 Å². The van der Waals surface area contributed by atoms with Gasteiger partial charge < -0.3 is 0 Å². The van der Waals surface area contributed by atoms with Gasteiger partial charge >= 0.3 is 0 Å². The molecule has 0 unspecified atom stereocenters. The molecule has 0 nitrogen and oxygen atoms in total. The summed E-state index contributed by atoms with van der Waals surface area (Å²) in [7, 11) is 0. The van der Waals surface area contributed by atoms with E-state index in [0.29, 0.717) is 0 Å². The lowest BCUT2D eigenvalue weighted by atomic mass is 9.76. The van der Waals surface area contributed by atoms with Crippen LogP contribution in [-0.4, -0.2) is 10.5 Å². The molecule has 14 heavy (non-hydrogen) atoms. The van der Waals surface area contributed by atoms with E-state index in [2.05, 4.69) is 11.8 Å². The summed E-state index contributed by atoms with van der Waals surface area (Å²) in [6.07, 6.45) is 13.9. The Balaban J connectivity index is 1.68. The minimum Gasteiger partial charge on any atom is -0.155 e. The second-order valence-electron chi connectivity index (χ2n) is 5.54. The molecular formula is C13H22S. The summed E-state index contributed by atoms with van der Waals surface area (Å²) in [5.41, 5.74) is 0. The van der Waals surface area contributed by atoms with Crippen LogP contribution in [0.5, 0.6) is 0 Å². The molecule has 0 bridgehead atoms. The van der Waals surface area contributed by atoms with Gasteiger partial charge in [0.15, 0.2) is 0 Å². The van der Waals surface area contributed by atoms with E-state index in [0.717, 1.165) is 22.3 Å². The van der Waals surface area contributed by atoms with Crippen molar-refractivity contribution in [1.82, 2.24) is 0 Å². The van der Waals surface area contributed by atoms with Crippen molar-refractivity contribution < 1.29 is 0 Å². The van der Waals surface area contributed by atoms with Crippen LogP contribution in [0.15, 0.2) is 0 Å². The summed E-state index contributed by atoms with van der Waals surface area (Å²) in [4.78, 5) is 0. The van der Waals surface area contributed by atoms with E-state index in [1.807, 2.05) is 0 Å². The van der Waals surface area contributed by atoms with Gasteiger partial charge in [0.05, 0.1) is 0 Å². The Morgan fingerprint density at radius 2 is 1.14 bits per heavy atom. The van der Waals surface area contributed by atoms with Gasteiger partial charge in [0, 0.05) is 10.5 Å². The van der Waals surface area contributed by atoms with Gasteiger partial charge in [-0.1, -0.05) is 25.7 Å². The van der Waals surface area contributed by atoms with Crippen molar-refractivity contribution in [3.8, 4) is 0 Å². The molecule has 0 spiro atoms. The largest absolute Gasteiger partial charge is 0.155 e. The maximum absolute atomic E-state index is 2.40. The summed E-state index contributed by atoms with van der Waals surface area (Å²) in [6.45, 7) is 0. The fourth-order valence-electron chi connectivity index (χ4n) is 3.86. The first-order valence-corrected chi connectivity index (χ1v) is 7.53. The Morgan fingerprint density at radius 3 is 1.71 bits per heavy atom. The fourth-order valence-corrected chi connectivity index (χ4v) is 5.85. The van der Waals surface area contributed by atoms with Gasteiger partial charge in [-0.2, -0.15) is 11.8 Å². The minimum atomic E-state index is 1.07. The number of hydrogen-bond donors (Lipinski definition) is 0. The van der Waals surface area contributed by atoms with Gasteiger partial charge in [-0.25, -0.2) is 0 Å². The third kappa shape index (κ3) is 1.73. The van der Waals surface area contributed by atoms with E-state index < -0.39 is 0 Å². The monoisotopic (exact) mass is 210 g/mol. The van der Waals surface area contributed by atoms with Gasteiger partial charge in [-0.05, 0) is 43.9 Å². The predicted molar refractivity (Wildman–Crippen MR) is 63.7 cm³/mol. The van der Waals surface area contributed by atoms with Crippen molar-refractivity contribution in [2.24, 2.45) is 11.8 Å². The lowest BCUT2D eigenvalue weighted by Gasteiger charge is -2.45. The number of rotatable bonds is 0. The molecule has 4 atom stereocenters. The predicted octanol–water partition coefficient (Wildman–Crippen LogP) is 4.24. The van der Waals surface area contributed by atoms with Crippen LogP contribution in [-0.2, 0) is 0 Å². The zero-order valence-corrected chi connectivity index (χ0v) is 9.90. The highest BCUT2D eigenvalue weighted by molar-refractivity contribution is 8.00. The third-order valence-electron chi connectivity index (χ3n) is 4.63. The summed E-state index contributed by atoms with van der Waals surface area (Å²) in [5.74, 6) is 2.24.